The number of rotatable bonds is 21. The topological polar surface area (TPSA) is 63.6 Å². The quantitative estimate of drug-likeness (QED) is 0.161. The Kier molecular flexibility index (Phi) is 19.9. The molecule has 0 spiro atoms. The summed E-state index contributed by atoms with van der Waals surface area (Å²) >= 11 is 0. The summed E-state index contributed by atoms with van der Waals surface area (Å²) in [5, 5.41) is 8.76. The summed E-state index contributed by atoms with van der Waals surface area (Å²) in [6.45, 7) is 4.11. The molecule has 0 bridgehead atoms. The van der Waals surface area contributed by atoms with Crippen LogP contribution in [-0.2, 0) is 14.3 Å². The summed E-state index contributed by atoms with van der Waals surface area (Å²) in [5.41, 5.74) is 0. The highest BCUT2D eigenvalue weighted by Gasteiger charge is 2.15. The van der Waals surface area contributed by atoms with Crippen molar-refractivity contribution in [2.75, 3.05) is 0 Å². The molecule has 0 radical (unpaired) electrons. The molecule has 0 aliphatic carbocycles. The van der Waals surface area contributed by atoms with Gasteiger partial charge >= 0.3 is 11.9 Å². The number of hydrogen-bond donors (Lipinski definition) is 1. The molecule has 0 rings (SSSR count). The van der Waals surface area contributed by atoms with Crippen molar-refractivity contribution in [3.8, 4) is 0 Å². The maximum Gasteiger partial charge on any atom is 0.307 e. The Morgan fingerprint density at radius 2 is 1.07 bits per heavy atom. The zero-order valence-corrected chi connectivity index (χ0v) is 18.7. The average Bonchev–Trinajstić information content (AvgIpc) is 2.66. The van der Waals surface area contributed by atoms with Gasteiger partial charge in [-0.2, -0.15) is 0 Å². The second kappa shape index (κ2) is 20.7. The van der Waals surface area contributed by atoms with Crippen LogP contribution in [0.2, 0.25) is 0 Å². The van der Waals surface area contributed by atoms with Crippen LogP contribution in [0.15, 0.2) is 0 Å². The van der Waals surface area contributed by atoms with Crippen LogP contribution in [0, 0.1) is 0 Å². The largest absolute Gasteiger partial charge is 0.481 e. The summed E-state index contributed by atoms with van der Waals surface area (Å²) in [7, 11) is 0. The summed E-state index contributed by atoms with van der Waals surface area (Å²) in [6.07, 6.45) is 21.3. The van der Waals surface area contributed by atoms with Crippen LogP contribution < -0.4 is 0 Å². The highest BCUT2D eigenvalue weighted by atomic mass is 16.5. The number of carbonyl (C=O) groups excluding carboxylic acids is 1. The number of unbranched alkanes of at least 4 members (excludes halogenated alkanes) is 15. The van der Waals surface area contributed by atoms with Gasteiger partial charge in [0, 0.05) is 6.42 Å². The zero-order chi connectivity index (χ0) is 20.9. The van der Waals surface area contributed by atoms with Gasteiger partial charge in [0.05, 0.1) is 6.42 Å². The first kappa shape index (κ1) is 26.9. The van der Waals surface area contributed by atoms with Crippen LogP contribution in [0.5, 0.6) is 0 Å². The van der Waals surface area contributed by atoms with E-state index in [1.54, 1.807) is 0 Å². The van der Waals surface area contributed by atoms with Gasteiger partial charge in [-0.25, -0.2) is 0 Å². The van der Waals surface area contributed by atoms with E-state index in [2.05, 4.69) is 6.92 Å². The van der Waals surface area contributed by atoms with Gasteiger partial charge in [0.2, 0.25) is 0 Å². The first-order valence-corrected chi connectivity index (χ1v) is 12.0. The van der Waals surface area contributed by atoms with Gasteiger partial charge < -0.3 is 9.84 Å². The van der Waals surface area contributed by atoms with Crippen LogP contribution in [0.25, 0.3) is 0 Å². The van der Waals surface area contributed by atoms with Gasteiger partial charge in [-0.3, -0.25) is 9.59 Å². The fourth-order valence-electron chi connectivity index (χ4n) is 3.53. The van der Waals surface area contributed by atoms with Crippen LogP contribution in [0.1, 0.15) is 136 Å². The van der Waals surface area contributed by atoms with E-state index in [0.717, 1.165) is 12.8 Å². The molecule has 0 aliphatic heterocycles. The Labute approximate surface area is 173 Å². The average molecular weight is 399 g/mol. The number of carbonyl (C=O) groups is 2. The van der Waals surface area contributed by atoms with Crippen LogP contribution >= 0.6 is 0 Å². The zero-order valence-electron chi connectivity index (χ0n) is 18.7. The first-order valence-electron chi connectivity index (χ1n) is 12.0. The highest BCUT2D eigenvalue weighted by Crippen LogP contribution is 2.14. The van der Waals surface area contributed by atoms with E-state index in [9.17, 15) is 9.59 Å². The van der Waals surface area contributed by atoms with Gasteiger partial charge in [-0.05, 0) is 12.8 Å². The lowest BCUT2D eigenvalue weighted by atomic mass is 10.0. The van der Waals surface area contributed by atoms with Crippen molar-refractivity contribution in [1.29, 1.82) is 0 Å². The van der Waals surface area contributed by atoms with E-state index in [0.29, 0.717) is 12.8 Å². The Morgan fingerprint density at radius 1 is 0.679 bits per heavy atom. The molecule has 166 valence electrons. The third kappa shape index (κ3) is 19.7. The van der Waals surface area contributed by atoms with E-state index in [-0.39, 0.29) is 12.4 Å². The molecule has 0 aromatic heterocycles. The van der Waals surface area contributed by atoms with Crippen LogP contribution in [0.4, 0.5) is 0 Å². The number of hydrogen-bond acceptors (Lipinski definition) is 3. The van der Waals surface area contributed by atoms with Gasteiger partial charge in [-0.15, -0.1) is 0 Å². The van der Waals surface area contributed by atoms with Gasteiger partial charge in [0.25, 0.3) is 0 Å². The van der Waals surface area contributed by atoms with Gasteiger partial charge in [0.15, 0.2) is 0 Å². The number of esters is 1. The Hall–Kier alpha value is -1.06. The number of carboxylic acids is 1. The Morgan fingerprint density at radius 3 is 1.43 bits per heavy atom. The lowest BCUT2D eigenvalue weighted by Crippen LogP contribution is -2.20. The molecule has 0 saturated carbocycles. The van der Waals surface area contributed by atoms with Crippen molar-refractivity contribution in [2.24, 2.45) is 0 Å². The minimum absolute atomic E-state index is 0.0960. The second-order valence-electron chi connectivity index (χ2n) is 8.17. The van der Waals surface area contributed by atoms with Crippen molar-refractivity contribution in [3.63, 3.8) is 0 Å². The van der Waals surface area contributed by atoms with Gasteiger partial charge in [0.1, 0.15) is 6.10 Å². The summed E-state index contributed by atoms with van der Waals surface area (Å²) in [6, 6.07) is 0. The van der Waals surface area contributed by atoms with Crippen molar-refractivity contribution in [1.82, 2.24) is 0 Å². The number of ether oxygens (including phenoxy) is 1. The van der Waals surface area contributed by atoms with Crippen molar-refractivity contribution in [3.05, 3.63) is 0 Å². The molecule has 1 N–H and O–H groups in total. The molecule has 28 heavy (non-hydrogen) atoms. The molecule has 0 heterocycles. The summed E-state index contributed by atoms with van der Waals surface area (Å²) in [4.78, 5) is 22.4. The fourth-order valence-corrected chi connectivity index (χ4v) is 3.53. The molecule has 0 aromatic carbocycles. The Balaban J connectivity index is 3.29. The predicted molar refractivity (Wildman–Crippen MR) is 117 cm³/mol. The smallest absolute Gasteiger partial charge is 0.307 e. The predicted octanol–water partition coefficient (Wildman–Crippen LogP) is 7.43. The van der Waals surface area contributed by atoms with E-state index >= 15 is 0 Å². The molecule has 1 unspecified atom stereocenters. The minimum atomic E-state index is -0.915. The standard InChI is InChI=1S/C24H46O4/c1-3-5-6-7-8-9-10-11-12-13-14-15-16-17-18-19-20-24(27)28-22(4-2)21-23(25)26/h22H,3-21H2,1-2H3,(H,25,26). The van der Waals surface area contributed by atoms with Crippen molar-refractivity contribution in [2.45, 2.75) is 142 Å². The molecule has 0 amide bonds. The summed E-state index contributed by atoms with van der Waals surface area (Å²) < 4.78 is 5.21. The summed E-state index contributed by atoms with van der Waals surface area (Å²) in [5.74, 6) is -1.17. The Bertz CT molecular complexity index is 368. The highest BCUT2D eigenvalue weighted by molar-refractivity contribution is 5.71. The lowest BCUT2D eigenvalue weighted by Gasteiger charge is -2.13. The van der Waals surface area contributed by atoms with E-state index in [1.165, 1.54) is 89.9 Å². The molecule has 0 aliphatic rings. The molecular formula is C24H46O4. The van der Waals surface area contributed by atoms with Crippen LogP contribution in [-0.4, -0.2) is 23.1 Å². The molecule has 4 nitrogen and oxygen atoms in total. The van der Waals surface area contributed by atoms with E-state index in [1.807, 2.05) is 6.92 Å². The molecule has 4 heteroatoms. The second-order valence-corrected chi connectivity index (χ2v) is 8.17. The maximum absolute atomic E-state index is 11.7. The van der Waals surface area contributed by atoms with Crippen molar-refractivity contribution >= 4 is 11.9 Å². The van der Waals surface area contributed by atoms with Crippen molar-refractivity contribution < 1.29 is 19.4 Å². The lowest BCUT2D eigenvalue weighted by molar-refractivity contribution is -0.153. The minimum Gasteiger partial charge on any atom is -0.481 e. The molecule has 0 saturated heterocycles. The SMILES string of the molecule is CCCCCCCCCCCCCCCCCCC(=O)OC(CC)CC(=O)O. The van der Waals surface area contributed by atoms with E-state index < -0.39 is 12.1 Å². The fraction of sp³-hybridized carbons (Fsp3) is 0.917. The van der Waals surface area contributed by atoms with Gasteiger partial charge in [-0.1, -0.05) is 110 Å². The maximum atomic E-state index is 11.7. The third-order valence-corrected chi connectivity index (χ3v) is 5.39. The third-order valence-electron chi connectivity index (χ3n) is 5.39. The molecule has 0 fully saturated rings. The molecular weight excluding hydrogens is 352 g/mol. The number of aliphatic carboxylic acids is 1. The molecule has 1 atom stereocenters. The van der Waals surface area contributed by atoms with E-state index in [4.69, 9.17) is 9.84 Å². The number of carboxylic acid groups (broad SMARTS) is 1. The van der Waals surface area contributed by atoms with Crippen LogP contribution in [0.3, 0.4) is 0 Å². The normalized spacial score (nSPS) is 12.1. The first-order chi connectivity index (χ1) is 13.6. The monoisotopic (exact) mass is 398 g/mol. The molecule has 0 aromatic rings.